The van der Waals surface area contributed by atoms with Crippen LogP contribution in [0.3, 0.4) is 0 Å². The number of aromatic nitrogens is 1. The summed E-state index contributed by atoms with van der Waals surface area (Å²) in [5, 5.41) is 26.0. The van der Waals surface area contributed by atoms with Crippen molar-refractivity contribution >= 4 is 17.3 Å². The van der Waals surface area contributed by atoms with E-state index in [1.807, 2.05) is 0 Å². The SMILES string of the molecule is CNc1ccc([N+](=O)[O-])c(NCCC(O)COC)n1. The fourth-order valence-electron chi connectivity index (χ4n) is 1.50. The molecule has 0 bridgehead atoms. The molecule has 0 saturated carbocycles. The first-order chi connectivity index (χ1) is 9.08. The van der Waals surface area contributed by atoms with Crippen molar-refractivity contribution in [3.63, 3.8) is 0 Å². The van der Waals surface area contributed by atoms with Crippen LogP contribution in [0.5, 0.6) is 0 Å². The van der Waals surface area contributed by atoms with Crippen molar-refractivity contribution in [1.29, 1.82) is 0 Å². The quantitative estimate of drug-likeness (QED) is 0.474. The van der Waals surface area contributed by atoms with Crippen LogP contribution >= 0.6 is 0 Å². The van der Waals surface area contributed by atoms with Gasteiger partial charge >= 0.3 is 5.69 Å². The second kappa shape index (κ2) is 7.49. The van der Waals surface area contributed by atoms with Crippen LogP contribution in [0.2, 0.25) is 0 Å². The van der Waals surface area contributed by atoms with Gasteiger partial charge in [0, 0.05) is 26.8 Å². The Bertz CT molecular complexity index is 427. The van der Waals surface area contributed by atoms with Crippen molar-refractivity contribution < 1.29 is 14.8 Å². The van der Waals surface area contributed by atoms with Gasteiger partial charge < -0.3 is 20.5 Å². The molecule has 1 aromatic rings. The van der Waals surface area contributed by atoms with Crippen LogP contribution in [0.25, 0.3) is 0 Å². The minimum Gasteiger partial charge on any atom is -0.391 e. The molecule has 8 heteroatoms. The second-order valence-corrected chi connectivity index (χ2v) is 3.90. The van der Waals surface area contributed by atoms with Crippen molar-refractivity contribution in [2.24, 2.45) is 0 Å². The number of nitro groups is 1. The lowest BCUT2D eigenvalue weighted by atomic mass is 10.2. The number of aliphatic hydroxyl groups is 1. The minimum absolute atomic E-state index is 0.0970. The van der Waals surface area contributed by atoms with Gasteiger partial charge in [0.2, 0.25) is 5.82 Å². The molecular formula is C11H18N4O4. The summed E-state index contributed by atoms with van der Waals surface area (Å²) >= 11 is 0. The van der Waals surface area contributed by atoms with Gasteiger partial charge in [-0.3, -0.25) is 10.1 Å². The van der Waals surface area contributed by atoms with Crippen LogP contribution in [0, 0.1) is 10.1 Å². The molecule has 8 nitrogen and oxygen atoms in total. The molecule has 19 heavy (non-hydrogen) atoms. The number of rotatable bonds is 8. The second-order valence-electron chi connectivity index (χ2n) is 3.90. The predicted molar refractivity (Wildman–Crippen MR) is 71.4 cm³/mol. The van der Waals surface area contributed by atoms with Crippen LogP contribution in [0.15, 0.2) is 12.1 Å². The highest BCUT2D eigenvalue weighted by Gasteiger charge is 2.15. The van der Waals surface area contributed by atoms with E-state index < -0.39 is 11.0 Å². The molecular weight excluding hydrogens is 252 g/mol. The van der Waals surface area contributed by atoms with Gasteiger partial charge in [-0.1, -0.05) is 0 Å². The van der Waals surface area contributed by atoms with Crippen molar-refractivity contribution in [2.45, 2.75) is 12.5 Å². The van der Waals surface area contributed by atoms with Crippen molar-refractivity contribution in [1.82, 2.24) is 4.98 Å². The molecule has 0 saturated heterocycles. The third-order valence-corrected chi connectivity index (χ3v) is 2.46. The van der Waals surface area contributed by atoms with E-state index in [-0.39, 0.29) is 18.1 Å². The maximum atomic E-state index is 10.9. The molecule has 1 heterocycles. The molecule has 1 rings (SSSR count). The molecule has 1 atom stereocenters. The van der Waals surface area contributed by atoms with Gasteiger partial charge in [-0.05, 0) is 12.5 Å². The molecule has 1 unspecified atom stereocenters. The van der Waals surface area contributed by atoms with Crippen LogP contribution in [-0.2, 0) is 4.74 Å². The van der Waals surface area contributed by atoms with E-state index in [1.165, 1.54) is 19.2 Å². The van der Waals surface area contributed by atoms with E-state index in [9.17, 15) is 15.2 Å². The third-order valence-electron chi connectivity index (χ3n) is 2.46. The van der Waals surface area contributed by atoms with E-state index in [0.717, 1.165) is 0 Å². The largest absolute Gasteiger partial charge is 0.391 e. The summed E-state index contributed by atoms with van der Waals surface area (Å²) in [5.41, 5.74) is -0.0970. The zero-order valence-corrected chi connectivity index (χ0v) is 10.9. The van der Waals surface area contributed by atoms with Gasteiger partial charge in [0.25, 0.3) is 0 Å². The topological polar surface area (TPSA) is 110 Å². The Morgan fingerprint density at radius 2 is 2.32 bits per heavy atom. The first-order valence-electron chi connectivity index (χ1n) is 5.82. The Hall–Kier alpha value is -1.93. The maximum absolute atomic E-state index is 10.9. The fourth-order valence-corrected chi connectivity index (χ4v) is 1.50. The zero-order chi connectivity index (χ0) is 14.3. The molecule has 0 aliphatic rings. The van der Waals surface area contributed by atoms with E-state index in [4.69, 9.17) is 4.74 Å². The highest BCUT2D eigenvalue weighted by molar-refractivity contribution is 5.60. The lowest BCUT2D eigenvalue weighted by molar-refractivity contribution is -0.384. The Morgan fingerprint density at radius 3 is 2.89 bits per heavy atom. The molecule has 0 aromatic carbocycles. The molecule has 0 fully saturated rings. The summed E-state index contributed by atoms with van der Waals surface area (Å²) in [6.07, 6.45) is -0.194. The van der Waals surface area contributed by atoms with Crippen LogP contribution in [0.1, 0.15) is 6.42 Å². The van der Waals surface area contributed by atoms with E-state index in [2.05, 4.69) is 15.6 Å². The van der Waals surface area contributed by atoms with Crippen LogP contribution in [-0.4, -0.2) is 48.4 Å². The third kappa shape index (κ3) is 4.68. The standard InChI is InChI=1S/C11H18N4O4/c1-12-10-4-3-9(15(17)18)11(14-10)13-6-5-8(16)7-19-2/h3-4,8,16H,5-7H2,1-2H3,(H2,12,13,14). The highest BCUT2D eigenvalue weighted by Crippen LogP contribution is 2.23. The normalized spacial score (nSPS) is 11.9. The monoisotopic (exact) mass is 270 g/mol. The molecule has 0 amide bonds. The summed E-state index contributed by atoms with van der Waals surface area (Å²) < 4.78 is 4.79. The Labute approximate surface area is 111 Å². The lowest BCUT2D eigenvalue weighted by Gasteiger charge is -2.11. The van der Waals surface area contributed by atoms with Crippen LogP contribution < -0.4 is 10.6 Å². The Kier molecular flexibility index (Phi) is 5.97. The van der Waals surface area contributed by atoms with Crippen molar-refractivity contribution in [3.05, 3.63) is 22.2 Å². The summed E-state index contributed by atoms with van der Waals surface area (Å²) in [4.78, 5) is 14.4. The van der Waals surface area contributed by atoms with Gasteiger partial charge in [-0.25, -0.2) is 4.98 Å². The fraction of sp³-hybridized carbons (Fsp3) is 0.545. The number of hydrogen-bond donors (Lipinski definition) is 3. The average molecular weight is 270 g/mol. The van der Waals surface area contributed by atoms with Gasteiger partial charge in [0.15, 0.2) is 0 Å². The molecule has 0 radical (unpaired) electrons. The first kappa shape index (κ1) is 15.1. The number of nitrogens with zero attached hydrogens (tertiary/aromatic N) is 2. The van der Waals surface area contributed by atoms with Crippen LogP contribution in [0.4, 0.5) is 17.3 Å². The number of nitrogens with one attached hydrogen (secondary N) is 2. The van der Waals surface area contributed by atoms with Crippen molar-refractivity contribution in [2.75, 3.05) is 37.9 Å². The maximum Gasteiger partial charge on any atom is 0.311 e. The molecule has 3 N–H and O–H groups in total. The molecule has 106 valence electrons. The summed E-state index contributed by atoms with van der Waals surface area (Å²) in [6, 6.07) is 2.91. The van der Waals surface area contributed by atoms with E-state index >= 15 is 0 Å². The molecule has 0 aliphatic carbocycles. The lowest BCUT2D eigenvalue weighted by Crippen LogP contribution is -2.19. The van der Waals surface area contributed by atoms with Gasteiger partial charge in [-0.15, -0.1) is 0 Å². The van der Waals surface area contributed by atoms with Gasteiger partial charge in [0.1, 0.15) is 5.82 Å². The summed E-state index contributed by atoms with van der Waals surface area (Å²) in [5.74, 6) is 0.715. The van der Waals surface area contributed by atoms with E-state index in [1.54, 1.807) is 7.05 Å². The van der Waals surface area contributed by atoms with Gasteiger partial charge in [-0.2, -0.15) is 0 Å². The summed E-state index contributed by atoms with van der Waals surface area (Å²) in [7, 11) is 3.18. The first-order valence-corrected chi connectivity index (χ1v) is 5.82. The smallest absolute Gasteiger partial charge is 0.311 e. The number of anilines is 2. The van der Waals surface area contributed by atoms with E-state index in [0.29, 0.717) is 18.8 Å². The molecule has 0 spiro atoms. The molecule has 0 aliphatic heterocycles. The predicted octanol–water partition coefficient (Wildman–Crippen LogP) is 0.841. The average Bonchev–Trinajstić information content (AvgIpc) is 2.38. The number of pyridine rings is 1. The Balaban J connectivity index is 2.67. The Morgan fingerprint density at radius 1 is 1.58 bits per heavy atom. The summed E-state index contributed by atoms with van der Waals surface area (Å²) in [6.45, 7) is 0.597. The highest BCUT2D eigenvalue weighted by atomic mass is 16.6. The minimum atomic E-state index is -0.607. The number of methoxy groups -OCH3 is 1. The van der Waals surface area contributed by atoms with Crippen molar-refractivity contribution in [3.8, 4) is 0 Å². The molecule has 1 aromatic heterocycles. The number of ether oxygens (including phenoxy) is 1. The number of aliphatic hydroxyl groups excluding tert-OH is 1. The zero-order valence-electron chi connectivity index (χ0n) is 10.9. The van der Waals surface area contributed by atoms with Gasteiger partial charge in [0.05, 0.1) is 17.6 Å². The number of hydrogen-bond acceptors (Lipinski definition) is 7.